The van der Waals surface area contributed by atoms with Gasteiger partial charge in [-0.2, -0.15) is 0 Å². The Labute approximate surface area is 80.1 Å². The van der Waals surface area contributed by atoms with Crippen LogP contribution in [0.3, 0.4) is 0 Å². The zero-order chi connectivity index (χ0) is 9.52. The molecule has 0 bridgehead atoms. The largest absolute Gasteiger partial charge is 0.367 e. The van der Waals surface area contributed by atoms with Gasteiger partial charge in [-0.15, -0.1) is 0 Å². The van der Waals surface area contributed by atoms with E-state index in [1.54, 1.807) is 0 Å². The van der Waals surface area contributed by atoms with E-state index >= 15 is 0 Å². The molecule has 0 amide bonds. The van der Waals surface area contributed by atoms with Crippen molar-refractivity contribution in [2.75, 3.05) is 27.2 Å². The van der Waals surface area contributed by atoms with Crippen molar-refractivity contribution >= 4 is 0 Å². The maximum atomic E-state index is 3.40. The van der Waals surface area contributed by atoms with Crippen molar-refractivity contribution in [3.63, 3.8) is 0 Å². The predicted molar refractivity (Wildman–Crippen MR) is 55.7 cm³/mol. The van der Waals surface area contributed by atoms with E-state index in [-0.39, 0.29) is 0 Å². The molecular formula is C10H19N3. The summed E-state index contributed by atoms with van der Waals surface area (Å²) in [7, 11) is 4.21. The molecule has 0 aliphatic carbocycles. The Morgan fingerprint density at radius 1 is 1.46 bits per heavy atom. The van der Waals surface area contributed by atoms with Crippen LogP contribution in [0.25, 0.3) is 0 Å². The summed E-state index contributed by atoms with van der Waals surface area (Å²) in [6.45, 7) is 3.21. The molecule has 1 aromatic heterocycles. The van der Waals surface area contributed by atoms with Gasteiger partial charge < -0.3 is 15.2 Å². The highest BCUT2D eigenvalue weighted by Crippen LogP contribution is 1.94. The second-order valence-corrected chi connectivity index (χ2v) is 3.55. The summed E-state index contributed by atoms with van der Waals surface area (Å²) in [5.74, 6) is 0. The van der Waals surface area contributed by atoms with Gasteiger partial charge in [0.05, 0.1) is 0 Å². The molecule has 74 valence electrons. The fourth-order valence-electron chi connectivity index (χ4n) is 1.22. The molecule has 1 heterocycles. The van der Waals surface area contributed by atoms with Gasteiger partial charge in [-0.05, 0) is 45.2 Å². The summed E-state index contributed by atoms with van der Waals surface area (Å²) in [4.78, 5) is 5.25. The van der Waals surface area contributed by atoms with Crippen molar-refractivity contribution in [1.82, 2.24) is 15.2 Å². The van der Waals surface area contributed by atoms with Crippen molar-refractivity contribution in [3.05, 3.63) is 24.0 Å². The van der Waals surface area contributed by atoms with E-state index in [9.17, 15) is 0 Å². The van der Waals surface area contributed by atoms with E-state index in [0.29, 0.717) is 0 Å². The number of nitrogens with zero attached hydrogens (tertiary/aromatic N) is 1. The van der Waals surface area contributed by atoms with Gasteiger partial charge in [-0.25, -0.2) is 0 Å². The number of hydrogen-bond donors (Lipinski definition) is 2. The Bertz CT molecular complexity index is 204. The lowest BCUT2D eigenvalue weighted by molar-refractivity contribution is 0.394. The highest BCUT2D eigenvalue weighted by molar-refractivity contribution is 5.07. The van der Waals surface area contributed by atoms with Crippen molar-refractivity contribution in [2.45, 2.75) is 13.0 Å². The van der Waals surface area contributed by atoms with Crippen LogP contribution in [-0.4, -0.2) is 37.1 Å². The zero-order valence-electron chi connectivity index (χ0n) is 8.51. The molecule has 0 fully saturated rings. The van der Waals surface area contributed by atoms with Crippen LogP contribution in [0.15, 0.2) is 18.5 Å². The molecular weight excluding hydrogens is 162 g/mol. The molecule has 0 radical (unpaired) electrons. The lowest BCUT2D eigenvalue weighted by Crippen LogP contribution is -2.20. The number of aromatic nitrogens is 1. The van der Waals surface area contributed by atoms with E-state index < -0.39 is 0 Å². The Morgan fingerprint density at radius 2 is 2.31 bits per heavy atom. The van der Waals surface area contributed by atoms with Crippen LogP contribution < -0.4 is 5.32 Å². The molecule has 1 rings (SSSR count). The second kappa shape index (κ2) is 5.78. The van der Waals surface area contributed by atoms with Crippen LogP contribution in [0.2, 0.25) is 0 Å². The zero-order valence-corrected chi connectivity index (χ0v) is 8.51. The molecule has 0 aliphatic heterocycles. The van der Waals surface area contributed by atoms with Crippen LogP contribution >= 0.6 is 0 Å². The number of rotatable bonds is 6. The first-order chi connectivity index (χ1) is 6.29. The maximum Gasteiger partial charge on any atom is 0.0220 e. The van der Waals surface area contributed by atoms with Gasteiger partial charge >= 0.3 is 0 Å². The molecule has 0 aliphatic rings. The molecule has 3 heteroatoms. The Morgan fingerprint density at radius 3 is 2.92 bits per heavy atom. The molecule has 0 saturated carbocycles. The van der Waals surface area contributed by atoms with E-state index in [0.717, 1.165) is 19.6 Å². The number of hydrogen-bond acceptors (Lipinski definition) is 2. The van der Waals surface area contributed by atoms with Gasteiger partial charge in [0.2, 0.25) is 0 Å². The summed E-state index contributed by atoms with van der Waals surface area (Å²) in [6.07, 6.45) is 5.19. The molecule has 0 saturated heterocycles. The van der Waals surface area contributed by atoms with Crippen LogP contribution in [-0.2, 0) is 6.54 Å². The molecule has 13 heavy (non-hydrogen) atoms. The first-order valence-electron chi connectivity index (χ1n) is 4.76. The number of nitrogens with one attached hydrogen (secondary N) is 2. The van der Waals surface area contributed by atoms with E-state index in [1.165, 1.54) is 12.0 Å². The van der Waals surface area contributed by atoms with Crippen LogP contribution in [0, 0.1) is 0 Å². The number of H-pyrrole nitrogens is 1. The average Bonchev–Trinajstić information content (AvgIpc) is 2.55. The predicted octanol–water partition coefficient (Wildman–Crippen LogP) is 1.06. The molecule has 1 aromatic rings. The van der Waals surface area contributed by atoms with Gasteiger partial charge in [0.15, 0.2) is 0 Å². The van der Waals surface area contributed by atoms with E-state index in [1.807, 2.05) is 12.4 Å². The second-order valence-electron chi connectivity index (χ2n) is 3.55. The van der Waals surface area contributed by atoms with Crippen LogP contribution in [0.5, 0.6) is 0 Å². The standard InChI is InChI=1S/C10H19N3/c1-13(2)7-3-5-11-8-10-4-6-12-9-10/h4,6,9,11-12H,3,5,7-8H2,1-2H3. The molecule has 0 aromatic carbocycles. The summed E-state index contributed by atoms with van der Waals surface area (Å²) in [6, 6.07) is 2.10. The normalized spacial score (nSPS) is 11.0. The minimum atomic E-state index is 0.969. The minimum Gasteiger partial charge on any atom is -0.367 e. The fourth-order valence-corrected chi connectivity index (χ4v) is 1.22. The molecule has 0 atom stereocenters. The third-order valence-corrected chi connectivity index (χ3v) is 1.95. The van der Waals surface area contributed by atoms with E-state index in [4.69, 9.17) is 0 Å². The smallest absolute Gasteiger partial charge is 0.0220 e. The first-order valence-corrected chi connectivity index (χ1v) is 4.76. The third kappa shape index (κ3) is 4.70. The monoisotopic (exact) mass is 181 g/mol. The SMILES string of the molecule is CN(C)CCCNCc1cc[nH]c1. The molecule has 0 spiro atoms. The molecule has 0 unspecified atom stereocenters. The van der Waals surface area contributed by atoms with Crippen molar-refractivity contribution in [3.8, 4) is 0 Å². The summed E-state index contributed by atoms with van der Waals surface area (Å²) >= 11 is 0. The lowest BCUT2D eigenvalue weighted by atomic mass is 10.3. The van der Waals surface area contributed by atoms with Gasteiger partial charge in [-0.1, -0.05) is 0 Å². The van der Waals surface area contributed by atoms with Gasteiger partial charge in [0.25, 0.3) is 0 Å². The topological polar surface area (TPSA) is 31.1 Å². The van der Waals surface area contributed by atoms with Gasteiger partial charge in [0, 0.05) is 18.9 Å². The lowest BCUT2D eigenvalue weighted by Gasteiger charge is -2.09. The quantitative estimate of drug-likeness (QED) is 0.643. The molecule has 3 nitrogen and oxygen atoms in total. The highest BCUT2D eigenvalue weighted by Gasteiger charge is 1.92. The van der Waals surface area contributed by atoms with Gasteiger partial charge in [0.1, 0.15) is 0 Å². The van der Waals surface area contributed by atoms with E-state index in [2.05, 4.69) is 35.4 Å². The van der Waals surface area contributed by atoms with Crippen molar-refractivity contribution in [1.29, 1.82) is 0 Å². The van der Waals surface area contributed by atoms with Crippen LogP contribution in [0.1, 0.15) is 12.0 Å². The minimum absolute atomic E-state index is 0.969. The average molecular weight is 181 g/mol. The fraction of sp³-hybridized carbons (Fsp3) is 0.600. The summed E-state index contributed by atoms with van der Waals surface area (Å²) < 4.78 is 0. The first kappa shape index (κ1) is 10.3. The van der Waals surface area contributed by atoms with Crippen LogP contribution in [0.4, 0.5) is 0 Å². The highest BCUT2D eigenvalue weighted by atomic mass is 15.0. The maximum absolute atomic E-state index is 3.40. The Balaban J connectivity index is 1.96. The summed E-state index contributed by atoms with van der Waals surface area (Å²) in [5, 5.41) is 3.40. The van der Waals surface area contributed by atoms with Crippen molar-refractivity contribution < 1.29 is 0 Å². The summed E-state index contributed by atoms with van der Waals surface area (Å²) in [5.41, 5.74) is 1.32. The van der Waals surface area contributed by atoms with Crippen molar-refractivity contribution in [2.24, 2.45) is 0 Å². The Hall–Kier alpha value is -0.800. The third-order valence-electron chi connectivity index (χ3n) is 1.95. The number of aromatic amines is 1. The Kier molecular flexibility index (Phi) is 4.57. The molecule has 2 N–H and O–H groups in total. The van der Waals surface area contributed by atoms with Gasteiger partial charge in [-0.3, -0.25) is 0 Å².